The molecule has 20 heavy (non-hydrogen) atoms. The van der Waals surface area contributed by atoms with Crippen LogP contribution in [0.3, 0.4) is 0 Å². The minimum absolute atomic E-state index is 0.0779. The largest absolute Gasteiger partial charge is 0.366 e. The summed E-state index contributed by atoms with van der Waals surface area (Å²) in [6.07, 6.45) is 0. The Labute approximate surface area is 123 Å². The van der Waals surface area contributed by atoms with E-state index in [2.05, 4.69) is 6.07 Å². The van der Waals surface area contributed by atoms with Gasteiger partial charge in [0.2, 0.25) is 0 Å². The van der Waals surface area contributed by atoms with Crippen molar-refractivity contribution in [1.29, 1.82) is 5.26 Å². The van der Waals surface area contributed by atoms with Crippen LogP contribution in [0.25, 0.3) is 0 Å². The molecule has 0 N–H and O–H groups in total. The monoisotopic (exact) mass is 284 g/mol. The lowest BCUT2D eigenvalue weighted by molar-refractivity contribution is 0.100. The van der Waals surface area contributed by atoms with Crippen molar-refractivity contribution in [2.24, 2.45) is 0 Å². The van der Waals surface area contributed by atoms with E-state index in [-0.39, 0.29) is 12.3 Å². The van der Waals surface area contributed by atoms with E-state index in [9.17, 15) is 4.79 Å². The third kappa shape index (κ3) is 2.98. The van der Waals surface area contributed by atoms with Gasteiger partial charge < -0.3 is 4.90 Å². The summed E-state index contributed by atoms with van der Waals surface area (Å²) in [5.41, 5.74) is 1.77. The quantitative estimate of drug-likeness (QED) is 0.807. The summed E-state index contributed by atoms with van der Waals surface area (Å²) in [5.74, 6) is -0.0779. The maximum atomic E-state index is 12.2. The first-order valence-corrected chi connectivity index (χ1v) is 6.49. The van der Waals surface area contributed by atoms with Crippen molar-refractivity contribution in [1.82, 2.24) is 0 Å². The molecule has 4 heteroatoms. The number of ketones is 1. The summed E-state index contributed by atoms with van der Waals surface area (Å²) in [7, 11) is 1.78. The van der Waals surface area contributed by atoms with E-state index >= 15 is 0 Å². The smallest absolute Gasteiger partial charge is 0.183 e. The van der Waals surface area contributed by atoms with Gasteiger partial charge in [-0.2, -0.15) is 5.26 Å². The highest BCUT2D eigenvalue weighted by molar-refractivity contribution is 6.34. The Hall–Kier alpha value is -2.31. The number of nitrogens with zero attached hydrogens (tertiary/aromatic N) is 2. The van der Waals surface area contributed by atoms with E-state index in [1.54, 1.807) is 48.3 Å². The molecule has 0 spiro atoms. The molecule has 0 amide bonds. The second-order valence-corrected chi connectivity index (χ2v) is 4.80. The van der Waals surface area contributed by atoms with Gasteiger partial charge in [0.05, 0.1) is 22.8 Å². The summed E-state index contributed by atoms with van der Waals surface area (Å²) >= 11 is 6.02. The third-order valence-electron chi connectivity index (χ3n) is 2.99. The molecule has 2 rings (SSSR count). The molecular weight excluding hydrogens is 272 g/mol. The van der Waals surface area contributed by atoms with E-state index in [0.717, 1.165) is 5.69 Å². The number of hydrogen-bond donors (Lipinski definition) is 0. The lowest BCUT2D eigenvalue weighted by atomic mass is 10.1. The molecule has 0 aliphatic heterocycles. The van der Waals surface area contributed by atoms with E-state index in [1.807, 2.05) is 12.1 Å². The van der Waals surface area contributed by atoms with Crippen LogP contribution >= 0.6 is 11.6 Å². The summed E-state index contributed by atoms with van der Waals surface area (Å²) in [4.78, 5) is 14.0. The minimum atomic E-state index is -0.0779. The van der Waals surface area contributed by atoms with Crippen LogP contribution in [0.15, 0.2) is 48.5 Å². The van der Waals surface area contributed by atoms with Gasteiger partial charge in [-0.1, -0.05) is 35.9 Å². The standard InChI is InChI=1S/C16H13ClN2O/c1-19(15-9-5-2-6-12(15)10-18)11-16(20)13-7-3-4-8-14(13)17/h2-9H,11H2,1H3. The molecule has 0 saturated carbocycles. The van der Waals surface area contributed by atoms with Crippen LogP contribution in [0.1, 0.15) is 15.9 Å². The average Bonchev–Trinajstić information content (AvgIpc) is 2.47. The zero-order valence-corrected chi connectivity index (χ0v) is 11.8. The van der Waals surface area contributed by atoms with Crippen LogP contribution in [-0.4, -0.2) is 19.4 Å². The molecule has 2 aromatic rings. The molecule has 0 fully saturated rings. The van der Waals surface area contributed by atoms with Gasteiger partial charge in [-0.05, 0) is 24.3 Å². The average molecular weight is 285 g/mol. The van der Waals surface area contributed by atoms with Gasteiger partial charge in [0.25, 0.3) is 0 Å². The van der Waals surface area contributed by atoms with Crippen LogP contribution in [0.5, 0.6) is 0 Å². The summed E-state index contributed by atoms with van der Waals surface area (Å²) in [6, 6.07) is 16.3. The number of hydrogen-bond acceptors (Lipinski definition) is 3. The Bertz CT molecular complexity index is 676. The van der Waals surface area contributed by atoms with Crippen molar-refractivity contribution in [2.75, 3.05) is 18.5 Å². The van der Waals surface area contributed by atoms with Crippen LogP contribution < -0.4 is 4.90 Å². The molecule has 3 nitrogen and oxygen atoms in total. The van der Waals surface area contributed by atoms with E-state index in [0.29, 0.717) is 16.1 Å². The molecule has 0 saturated heterocycles. The maximum Gasteiger partial charge on any atom is 0.183 e. The second kappa shape index (κ2) is 6.23. The molecule has 0 aliphatic rings. The zero-order valence-electron chi connectivity index (χ0n) is 11.0. The Balaban J connectivity index is 2.20. The van der Waals surface area contributed by atoms with Crippen LogP contribution in [0, 0.1) is 11.3 Å². The van der Waals surface area contributed by atoms with Crippen LogP contribution in [0.4, 0.5) is 5.69 Å². The number of nitriles is 1. The first-order chi connectivity index (χ1) is 9.63. The maximum absolute atomic E-state index is 12.2. The summed E-state index contributed by atoms with van der Waals surface area (Å²) in [5, 5.41) is 9.52. The highest BCUT2D eigenvalue weighted by atomic mass is 35.5. The Morgan fingerprint density at radius 3 is 2.55 bits per heavy atom. The fourth-order valence-corrected chi connectivity index (χ4v) is 2.22. The molecule has 2 aromatic carbocycles. The number of carbonyl (C=O) groups excluding carboxylic acids is 1. The molecule has 0 heterocycles. The van der Waals surface area contributed by atoms with Gasteiger partial charge in [0, 0.05) is 12.6 Å². The Morgan fingerprint density at radius 1 is 1.20 bits per heavy atom. The number of rotatable bonds is 4. The highest BCUT2D eigenvalue weighted by Crippen LogP contribution is 2.20. The van der Waals surface area contributed by atoms with Gasteiger partial charge in [0.15, 0.2) is 5.78 Å². The van der Waals surface area contributed by atoms with Crippen molar-refractivity contribution < 1.29 is 4.79 Å². The fourth-order valence-electron chi connectivity index (χ4n) is 1.97. The van der Waals surface area contributed by atoms with Gasteiger partial charge in [-0.15, -0.1) is 0 Å². The van der Waals surface area contributed by atoms with E-state index in [4.69, 9.17) is 16.9 Å². The van der Waals surface area contributed by atoms with Crippen molar-refractivity contribution >= 4 is 23.1 Å². The van der Waals surface area contributed by atoms with Crippen LogP contribution in [-0.2, 0) is 0 Å². The molecular formula is C16H13ClN2O. The molecule has 0 aliphatic carbocycles. The van der Waals surface area contributed by atoms with Crippen molar-refractivity contribution in [3.8, 4) is 6.07 Å². The molecule has 0 aromatic heterocycles. The first kappa shape index (κ1) is 14.1. The van der Waals surface area contributed by atoms with E-state index < -0.39 is 0 Å². The number of halogens is 1. The number of Topliss-reactive ketones (excluding diaryl/α,β-unsaturated/α-hetero) is 1. The number of para-hydroxylation sites is 1. The topological polar surface area (TPSA) is 44.1 Å². The predicted molar refractivity (Wildman–Crippen MR) is 80.2 cm³/mol. The van der Waals surface area contributed by atoms with Gasteiger partial charge >= 0.3 is 0 Å². The number of carbonyl (C=O) groups is 1. The minimum Gasteiger partial charge on any atom is -0.366 e. The molecule has 0 unspecified atom stereocenters. The molecule has 100 valence electrons. The highest BCUT2D eigenvalue weighted by Gasteiger charge is 2.14. The summed E-state index contributed by atoms with van der Waals surface area (Å²) < 4.78 is 0. The number of likely N-dealkylation sites (N-methyl/N-ethyl adjacent to an activating group) is 1. The van der Waals surface area contributed by atoms with Gasteiger partial charge in [0.1, 0.15) is 6.07 Å². The number of benzene rings is 2. The zero-order chi connectivity index (χ0) is 14.5. The van der Waals surface area contributed by atoms with E-state index in [1.165, 1.54) is 0 Å². The van der Waals surface area contributed by atoms with Crippen molar-refractivity contribution in [3.05, 3.63) is 64.7 Å². The second-order valence-electron chi connectivity index (χ2n) is 4.39. The van der Waals surface area contributed by atoms with Crippen molar-refractivity contribution in [2.45, 2.75) is 0 Å². The van der Waals surface area contributed by atoms with Crippen LogP contribution in [0.2, 0.25) is 5.02 Å². The fraction of sp³-hybridized carbons (Fsp3) is 0.125. The lowest BCUT2D eigenvalue weighted by Gasteiger charge is -2.19. The lowest BCUT2D eigenvalue weighted by Crippen LogP contribution is -2.26. The normalized spacial score (nSPS) is 9.85. The predicted octanol–water partition coefficient (Wildman–Crippen LogP) is 3.53. The SMILES string of the molecule is CN(CC(=O)c1ccccc1Cl)c1ccccc1C#N. The molecule has 0 radical (unpaired) electrons. The molecule has 0 bridgehead atoms. The Morgan fingerprint density at radius 2 is 1.85 bits per heavy atom. The van der Waals surface area contributed by atoms with Crippen molar-refractivity contribution in [3.63, 3.8) is 0 Å². The van der Waals surface area contributed by atoms with Gasteiger partial charge in [-0.3, -0.25) is 4.79 Å². The van der Waals surface area contributed by atoms with Gasteiger partial charge in [-0.25, -0.2) is 0 Å². The number of anilines is 1. The summed E-state index contributed by atoms with van der Waals surface area (Å²) in [6.45, 7) is 0.169. The molecule has 0 atom stereocenters. The third-order valence-corrected chi connectivity index (χ3v) is 3.32. The Kier molecular flexibility index (Phi) is 4.39. The first-order valence-electron chi connectivity index (χ1n) is 6.11.